The summed E-state index contributed by atoms with van der Waals surface area (Å²) in [5.74, 6) is 1.43. The molecule has 0 spiro atoms. The Hall–Kier alpha value is -2.90. The van der Waals surface area contributed by atoms with E-state index in [9.17, 15) is 4.79 Å². The largest absolute Gasteiger partial charge is 0.454 e. The lowest BCUT2D eigenvalue weighted by Gasteiger charge is -2.23. The Balaban J connectivity index is 1.35. The topological polar surface area (TPSA) is 63.7 Å². The summed E-state index contributed by atoms with van der Waals surface area (Å²) < 4.78 is 10.9. The third-order valence-corrected chi connectivity index (χ3v) is 6.72. The van der Waals surface area contributed by atoms with Crippen LogP contribution in [-0.2, 0) is 10.2 Å². The average Bonchev–Trinajstić information content (AvgIpc) is 3.21. The van der Waals surface area contributed by atoms with Gasteiger partial charge in [0.25, 0.3) is 0 Å². The van der Waals surface area contributed by atoms with Crippen LogP contribution in [0.5, 0.6) is 11.5 Å². The molecular weight excluding hydrogens is 398 g/mol. The first kappa shape index (κ1) is 19.1. The highest BCUT2D eigenvalue weighted by Crippen LogP contribution is 2.51. The molecule has 1 amide bonds. The van der Waals surface area contributed by atoms with Crippen LogP contribution in [-0.4, -0.2) is 36.7 Å². The molecule has 6 nitrogen and oxygen atoms in total. The Morgan fingerprint density at radius 2 is 1.90 bits per heavy atom. The van der Waals surface area contributed by atoms with Crippen LogP contribution in [0.1, 0.15) is 34.9 Å². The maximum atomic E-state index is 13.2. The molecule has 7 heteroatoms. The van der Waals surface area contributed by atoms with Crippen LogP contribution in [0, 0.1) is 0 Å². The summed E-state index contributed by atoms with van der Waals surface area (Å²) in [4.78, 5) is 20.9. The summed E-state index contributed by atoms with van der Waals surface area (Å²) >= 11 is 1.52. The van der Waals surface area contributed by atoms with Gasteiger partial charge >= 0.3 is 0 Å². The van der Waals surface area contributed by atoms with Crippen LogP contribution in [0.15, 0.2) is 54.7 Å². The van der Waals surface area contributed by atoms with E-state index in [2.05, 4.69) is 41.4 Å². The van der Waals surface area contributed by atoms with Gasteiger partial charge in [0.15, 0.2) is 16.6 Å². The van der Waals surface area contributed by atoms with Crippen molar-refractivity contribution in [2.24, 2.45) is 0 Å². The van der Waals surface area contributed by atoms with Gasteiger partial charge in [-0.15, -0.1) is 0 Å². The van der Waals surface area contributed by atoms with Gasteiger partial charge in [-0.05, 0) is 50.2 Å². The van der Waals surface area contributed by atoms with E-state index in [0.29, 0.717) is 10.9 Å². The van der Waals surface area contributed by atoms with E-state index >= 15 is 0 Å². The fourth-order valence-electron chi connectivity index (χ4n) is 4.01. The highest BCUT2D eigenvalue weighted by atomic mass is 32.1. The highest BCUT2D eigenvalue weighted by Gasteiger charge is 2.52. The van der Waals surface area contributed by atoms with E-state index in [4.69, 9.17) is 9.47 Å². The molecule has 1 atom stereocenters. The van der Waals surface area contributed by atoms with Gasteiger partial charge in [-0.2, -0.15) is 0 Å². The Kier molecular flexibility index (Phi) is 4.72. The first-order valence-corrected chi connectivity index (χ1v) is 10.8. The van der Waals surface area contributed by atoms with E-state index in [1.54, 1.807) is 0 Å². The average molecular weight is 422 g/mol. The van der Waals surface area contributed by atoms with Gasteiger partial charge in [0.1, 0.15) is 0 Å². The number of benzene rings is 2. The number of nitrogens with one attached hydrogen (secondary N) is 1. The van der Waals surface area contributed by atoms with Gasteiger partial charge in [0.05, 0.1) is 11.5 Å². The number of ether oxygens (including phenoxy) is 2. The van der Waals surface area contributed by atoms with Crippen molar-refractivity contribution >= 4 is 22.4 Å². The first-order chi connectivity index (χ1) is 14.6. The Bertz CT molecular complexity index is 1080. The minimum Gasteiger partial charge on any atom is -0.454 e. The number of anilines is 1. The minimum absolute atomic E-state index is 0.0108. The number of aromatic nitrogens is 1. The monoisotopic (exact) mass is 421 g/mol. The summed E-state index contributed by atoms with van der Waals surface area (Å²) in [7, 11) is 4.10. The Morgan fingerprint density at radius 3 is 2.63 bits per heavy atom. The van der Waals surface area contributed by atoms with Gasteiger partial charge in [0.2, 0.25) is 12.7 Å². The third-order valence-electron chi connectivity index (χ3n) is 5.76. The van der Waals surface area contributed by atoms with Crippen LogP contribution in [0.4, 0.5) is 5.13 Å². The lowest BCUT2D eigenvalue weighted by molar-refractivity contribution is -0.118. The van der Waals surface area contributed by atoms with Crippen LogP contribution in [0.2, 0.25) is 0 Å². The zero-order valence-corrected chi connectivity index (χ0v) is 17.7. The maximum Gasteiger partial charge on any atom is 0.236 e. The summed E-state index contributed by atoms with van der Waals surface area (Å²) in [5, 5.41) is 3.68. The number of fused-ring (bicyclic) bond motifs is 1. The molecule has 1 aromatic heterocycles. The van der Waals surface area contributed by atoms with Gasteiger partial charge < -0.3 is 14.8 Å². The molecule has 1 N–H and O–H groups in total. The van der Waals surface area contributed by atoms with Crippen LogP contribution in [0.3, 0.4) is 0 Å². The zero-order valence-electron chi connectivity index (χ0n) is 16.9. The fraction of sp³-hybridized carbons (Fsp3) is 0.304. The molecule has 0 saturated heterocycles. The zero-order chi connectivity index (χ0) is 20.7. The van der Waals surface area contributed by atoms with Crippen LogP contribution < -0.4 is 14.8 Å². The van der Waals surface area contributed by atoms with Crippen molar-refractivity contribution in [3.63, 3.8) is 0 Å². The van der Waals surface area contributed by atoms with Gasteiger partial charge in [-0.3, -0.25) is 9.69 Å². The van der Waals surface area contributed by atoms with E-state index in [1.807, 2.05) is 42.6 Å². The second kappa shape index (κ2) is 7.41. The number of nitrogens with zero attached hydrogens (tertiary/aromatic N) is 2. The Labute approximate surface area is 179 Å². The van der Waals surface area contributed by atoms with Crippen molar-refractivity contribution in [2.75, 3.05) is 26.2 Å². The predicted octanol–water partition coefficient (Wildman–Crippen LogP) is 4.19. The van der Waals surface area contributed by atoms with E-state index in [-0.39, 0.29) is 18.7 Å². The summed E-state index contributed by atoms with van der Waals surface area (Å²) in [6.45, 7) is 0.230. The van der Waals surface area contributed by atoms with Crippen molar-refractivity contribution < 1.29 is 14.3 Å². The number of carbonyl (C=O) groups excluding carboxylic acids is 1. The van der Waals surface area contributed by atoms with Crippen LogP contribution in [0.25, 0.3) is 0 Å². The molecular formula is C23H23N3O3S. The van der Waals surface area contributed by atoms with Gasteiger partial charge in [-0.25, -0.2) is 4.98 Å². The third kappa shape index (κ3) is 3.34. The predicted molar refractivity (Wildman–Crippen MR) is 116 cm³/mol. The molecule has 1 fully saturated rings. The molecule has 1 aliphatic heterocycles. The Morgan fingerprint density at radius 1 is 1.13 bits per heavy atom. The number of amides is 1. The van der Waals surface area contributed by atoms with E-state index < -0.39 is 5.41 Å². The van der Waals surface area contributed by atoms with Crippen molar-refractivity contribution in [1.82, 2.24) is 9.88 Å². The quantitative estimate of drug-likeness (QED) is 0.647. The number of hydrogen-bond donors (Lipinski definition) is 1. The molecule has 1 saturated carbocycles. The molecule has 30 heavy (non-hydrogen) atoms. The lowest BCUT2D eigenvalue weighted by Crippen LogP contribution is -2.27. The van der Waals surface area contributed by atoms with E-state index in [1.165, 1.54) is 16.9 Å². The summed E-state index contributed by atoms with van der Waals surface area (Å²) in [5.41, 5.74) is 1.66. The standard InChI is InChI=1S/C23H23N3O3S/c1-26(2)20(15-6-4-3-5-7-15)19-13-24-22(30-19)25-21(27)23(10-11-23)16-8-9-17-18(12-16)29-14-28-17/h3-9,12-13,20H,10-11,14H2,1-2H3,(H,24,25,27). The maximum absolute atomic E-state index is 13.2. The molecule has 0 radical (unpaired) electrons. The van der Waals surface area contributed by atoms with Crippen molar-refractivity contribution in [3.8, 4) is 11.5 Å². The lowest BCUT2D eigenvalue weighted by atomic mass is 9.94. The minimum atomic E-state index is -0.507. The normalized spacial score (nSPS) is 17.0. The van der Waals surface area contributed by atoms with E-state index in [0.717, 1.165) is 29.0 Å². The number of rotatable bonds is 6. The van der Waals surface area contributed by atoms with Crippen molar-refractivity contribution in [3.05, 3.63) is 70.7 Å². The number of carbonyl (C=O) groups is 1. The molecule has 0 bridgehead atoms. The van der Waals surface area contributed by atoms with Gasteiger partial charge in [-0.1, -0.05) is 47.7 Å². The van der Waals surface area contributed by atoms with Gasteiger partial charge in [0, 0.05) is 11.1 Å². The summed E-state index contributed by atoms with van der Waals surface area (Å²) in [6.07, 6.45) is 3.50. The second-order valence-corrected chi connectivity index (χ2v) is 9.01. The molecule has 3 aromatic rings. The molecule has 1 unspecified atom stereocenters. The van der Waals surface area contributed by atoms with Crippen LogP contribution >= 0.6 is 11.3 Å². The fourth-order valence-corrected chi connectivity index (χ4v) is 5.04. The number of hydrogen-bond acceptors (Lipinski definition) is 6. The SMILES string of the molecule is CN(C)C(c1ccccc1)c1cnc(NC(=O)C2(c3ccc4c(c3)OCO4)CC2)s1. The number of thiazole rings is 1. The highest BCUT2D eigenvalue weighted by molar-refractivity contribution is 7.15. The molecule has 2 heterocycles. The van der Waals surface area contributed by atoms with Crippen molar-refractivity contribution in [2.45, 2.75) is 24.3 Å². The molecule has 154 valence electrons. The summed E-state index contributed by atoms with van der Waals surface area (Å²) in [6, 6.07) is 16.2. The molecule has 5 rings (SSSR count). The molecule has 1 aliphatic carbocycles. The van der Waals surface area contributed by atoms with Crippen molar-refractivity contribution in [1.29, 1.82) is 0 Å². The smallest absolute Gasteiger partial charge is 0.236 e. The molecule has 2 aliphatic rings. The second-order valence-electron chi connectivity index (χ2n) is 7.95. The molecule has 2 aromatic carbocycles. The first-order valence-electron chi connectivity index (χ1n) is 9.95.